The summed E-state index contributed by atoms with van der Waals surface area (Å²) in [6, 6.07) is 5.49. The number of nitrogens with zero attached hydrogens (tertiary/aromatic N) is 3. The quantitative estimate of drug-likeness (QED) is 0.551. The average Bonchev–Trinajstić information content (AvgIpc) is 3.36. The highest BCUT2D eigenvalue weighted by molar-refractivity contribution is 7.16. The maximum atomic E-state index is 12.8. The maximum absolute atomic E-state index is 12.8. The molecule has 0 spiro atoms. The van der Waals surface area contributed by atoms with E-state index in [0.717, 1.165) is 15.4 Å². The minimum atomic E-state index is -0.596. The Labute approximate surface area is 186 Å². The molecule has 0 bridgehead atoms. The van der Waals surface area contributed by atoms with Crippen LogP contribution in [-0.2, 0) is 22.5 Å². The number of nitriles is 1. The van der Waals surface area contributed by atoms with Crippen LogP contribution in [-0.4, -0.2) is 35.0 Å². The first-order valence-corrected chi connectivity index (χ1v) is 11.3. The van der Waals surface area contributed by atoms with E-state index in [1.54, 1.807) is 23.8 Å². The summed E-state index contributed by atoms with van der Waals surface area (Å²) >= 11 is 2.84. The zero-order chi connectivity index (χ0) is 21.8. The van der Waals surface area contributed by atoms with Crippen LogP contribution in [0.4, 0.5) is 5.00 Å². The van der Waals surface area contributed by atoms with Crippen LogP contribution < -0.4 is 10.6 Å². The summed E-state index contributed by atoms with van der Waals surface area (Å²) in [7, 11) is 0. The number of esters is 1. The van der Waals surface area contributed by atoms with Gasteiger partial charge >= 0.3 is 5.97 Å². The lowest BCUT2D eigenvalue weighted by Gasteiger charge is -2.22. The van der Waals surface area contributed by atoms with Crippen molar-refractivity contribution in [2.45, 2.75) is 25.8 Å². The smallest absolute Gasteiger partial charge is 0.314 e. The largest absolute Gasteiger partial charge is 0.465 e. The fourth-order valence-corrected chi connectivity index (χ4v) is 5.35. The van der Waals surface area contributed by atoms with E-state index in [2.05, 4.69) is 26.7 Å². The molecule has 0 fully saturated rings. The first-order chi connectivity index (χ1) is 15.1. The lowest BCUT2D eigenvalue weighted by Crippen LogP contribution is -2.33. The highest BCUT2D eigenvalue weighted by Crippen LogP contribution is 2.40. The summed E-state index contributed by atoms with van der Waals surface area (Å²) in [5.41, 5.74) is 4.08. The van der Waals surface area contributed by atoms with Crippen LogP contribution in [0.1, 0.15) is 42.9 Å². The molecule has 158 valence electrons. The second kappa shape index (κ2) is 9.34. The van der Waals surface area contributed by atoms with Crippen molar-refractivity contribution >= 4 is 39.6 Å². The Balaban J connectivity index is 1.51. The number of hydrogen-bond donors (Lipinski definition) is 2. The van der Waals surface area contributed by atoms with Gasteiger partial charge in [-0.3, -0.25) is 14.6 Å². The molecule has 0 aromatic carbocycles. The third-order valence-electron chi connectivity index (χ3n) is 4.97. The van der Waals surface area contributed by atoms with Gasteiger partial charge in [0.2, 0.25) is 0 Å². The zero-order valence-corrected chi connectivity index (χ0v) is 18.3. The Bertz CT molecular complexity index is 1150. The average molecular weight is 454 g/mol. The maximum Gasteiger partial charge on any atom is 0.314 e. The molecule has 31 heavy (non-hydrogen) atoms. The first-order valence-electron chi connectivity index (χ1n) is 9.61. The van der Waals surface area contributed by atoms with E-state index < -0.39 is 5.92 Å². The Morgan fingerprint density at radius 2 is 2.32 bits per heavy atom. The summed E-state index contributed by atoms with van der Waals surface area (Å²) in [5, 5.41) is 16.2. The van der Waals surface area contributed by atoms with E-state index in [1.165, 1.54) is 28.9 Å². The van der Waals surface area contributed by atoms with Crippen LogP contribution in [0.25, 0.3) is 0 Å². The number of aromatic nitrogens is 2. The van der Waals surface area contributed by atoms with Crippen molar-refractivity contribution < 1.29 is 14.3 Å². The molecule has 0 aliphatic carbocycles. The molecule has 0 saturated carbocycles. The second-order valence-electron chi connectivity index (χ2n) is 6.91. The Morgan fingerprint density at radius 3 is 3.03 bits per heavy atom. The van der Waals surface area contributed by atoms with Crippen molar-refractivity contribution in [2.24, 2.45) is 0 Å². The summed E-state index contributed by atoms with van der Waals surface area (Å²) in [4.78, 5) is 35.4. The molecule has 4 rings (SSSR count). The van der Waals surface area contributed by atoms with E-state index in [0.29, 0.717) is 41.2 Å². The van der Waals surface area contributed by atoms with Gasteiger partial charge in [0.1, 0.15) is 11.1 Å². The Hall–Kier alpha value is -3.13. The van der Waals surface area contributed by atoms with Crippen molar-refractivity contribution in [1.82, 2.24) is 15.3 Å². The molecular formula is C21H19N5O3S2. The van der Waals surface area contributed by atoms with Gasteiger partial charge in [-0.1, -0.05) is 0 Å². The van der Waals surface area contributed by atoms with Crippen LogP contribution in [0.2, 0.25) is 0 Å². The van der Waals surface area contributed by atoms with Gasteiger partial charge in [-0.25, -0.2) is 4.98 Å². The van der Waals surface area contributed by atoms with E-state index in [4.69, 9.17) is 4.74 Å². The monoisotopic (exact) mass is 453 g/mol. The van der Waals surface area contributed by atoms with Gasteiger partial charge < -0.3 is 15.4 Å². The van der Waals surface area contributed by atoms with Crippen LogP contribution in [0.3, 0.4) is 0 Å². The highest BCUT2D eigenvalue weighted by atomic mass is 32.1. The molecule has 0 saturated heterocycles. The molecule has 3 aromatic heterocycles. The van der Waals surface area contributed by atoms with Gasteiger partial charge in [-0.2, -0.15) is 5.26 Å². The number of fused-ring (bicyclic) bond motifs is 1. The minimum absolute atomic E-state index is 0.254. The number of carbonyl (C=O) groups is 2. The highest BCUT2D eigenvalue weighted by Gasteiger charge is 2.34. The predicted molar refractivity (Wildman–Crippen MR) is 117 cm³/mol. The van der Waals surface area contributed by atoms with Crippen molar-refractivity contribution in [3.05, 3.63) is 62.2 Å². The number of thiazole rings is 1. The van der Waals surface area contributed by atoms with Gasteiger partial charge in [-0.15, -0.1) is 22.7 Å². The number of carbonyl (C=O) groups excluding carboxylic acids is 2. The number of nitrogens with one attached hydrogen (secondary N) is 2. The fourth-order valence-electron chi connectivity index (χ4n) is 3.41. The molecule has 1 aliphatic rings. The van der Waals surface area contributed by atoms with Gasteiger partial charge in [-0.05, 0) is 19.1 Å². The van der Waals surface area contributed by atoms with E-state index in [-0.39, 0.29) is 18.5 Å². The topological polar surface area (TPSA) is 117 Å². The summed E-state index contributed by atoms with van der Waals surface area (Å²) < 4.78 is 5.53. The number of aryl methyl sites for hydroxylation is 1. The minimum Gasteiger partial charge on any atom is -0.465 e. The van der Waals surface area contributed by atoms with E-state index >= 15 is 0 Å². The molecule has 8 nitrogen and oxygen atoms in total. The third-order valence-corrected chi connectivity index (χ3v) is 7.09. The molecule has 10 heteroatoms. The number of anilines is 1. The van der Waals surface area contributed by atoms with Crippen LogP contribution in [0.15, 0.2) is 30.0 Å². The molecule has 1 unspecified atom stereocenters. The number of hydrogen-bond acceptors (Lipinski definition) is 9. The molecule has 2 N–H and O–H groups in total. The summed E-state index contributed by atoms with van der Waals surface area (Å²) in [6.07, 6.45) is 3.65. The van der Waals surface area contributed by atoms with E-state index in [9.17, 15) is 14.9 Å². The van der Waals surface area contributed by atoms with Crippen LogP contribution in [0, 0.1) is 18.3 Å². The third kappa shape index (κ3) is 4.49. The molecule has 1 atom stereocenters. The molecule has 3 aromatic rings. The van der Waals surface area contributed by atoms with E-state index in [1.807, 2.05) is 6.92 Å². The second-order valence-corrected chi connectivity index (χ2v) is 8.96. The standard InChI is InChI=1S/C21H19N5O3S2/c1-12-16(30-11-25-12)4-6-29-21(28)15-9-24-10-17-18(15)14(7-22)20(31-17)26-19(27)13-3-2-5-23-8-13/h2-3,5,8,11,15,24H,4,6,9-10H2,1H3,(H,26,27). The number of rotatable bonds is 6. The zero-order valence-electron chi connectivity index (χ0n) is 16.7. The lowest BCUT2D eigenvalue weighted by atomic mass is 9.93. The molecule has 1 amide bonds. The van der Waals surface area contributed by atoms with Crippen LogP contribution in [0.5, 0.6) is 0 Å². The van der Waals surface area contributed by atoms with Crippen molar-refractivity contribution in [3.63, 3.8) is 0 Å². The first kappa shape index (κ1) is 21.1. The molecule has 0 radical (unpaired) electrons. The number of thiophene rings is 1. The number of amides is 1. The molecular weight excluding hydrogens is 434 g/mol. The van der Waals surface area contributed by atoms with Gasteiger partial charge in [0, 0.05) is 47.2 Å². The summed E-state index contributed by atoms with van der Waals surface area (Å²) in [5.74, 6) is -1.33. The normalized spacial score (nSPS) is 15.0. The van der Waals surface area contributed by atoms with Crippen molar-refractivity contribution in [2.75, 3.05) is 18.5 Å². The van der Waals surface area contributed by atoms with Gasteiger partial charge in [0.25, 0.3) is 5.91 Å². The summed E-state index contributed by atoms with van der Waals surface area (Å²) in [6.45, 7) is 3.09. The number of pyridine rings is 1. The SMILES string of the molecule is Cc1ncsc1CCOC(=O)C1CNCc2sc(NC(=O)c3cccnc3)c(C#N)c21. The predicted octanol–water partition coefficient (Wildman–Crippen LogP) is 3.00. The number of ether oxygens (including phenoxy) is 1. The lowest BCUT2D eigenvalue weighted by molar-refractivity contribution is -0.145. The van der Waals surface area contributed by atoms with Crippen LogP contribution >= 0.6 is 22.7 Å². The van der Waals surface area contributed by atoms with Crippen molar-refractivity contribution in [1.29, 1.82) is 5.26 Å². The fraction of sp³-hybridized carbons (Fsp3) is 0.286. The van der Waals surface area contributed by atoms with Gasteiger partial charge in [0.05, 0.1) is 34.9 Å². The molecule has 1 aliphatic heterocycles. The Morgan fingerprint density at radius 1 is 1.45 bits per heavy atom. The Kier molecular flexibility index (Phi) is 6.36. The van der Waals surface area contributed by atoms with Gasteiger partial charge in [0.15, 0.2) is 0 Å². The molecule has 4 heterocycles. The van der Waals surface area contributed by atoms with Crippen molar-refractivity contribution in [3.8, 4) is 6.07 Å².